The molecular formula is C18H19N3O. The van der Waals surface area contributed by atoms with Crippen molar-refractivity contribution in [1.82, 2.24) is 14.7 Å². The third kappa shape index (κ3) is 2.86. The zero-order chi connectivity index (χ0) is 15.4. The highest BCUT2D eigenvalue weighted by molar-refractivity contribution is 5.81. The van der Waals surface area contributed by atoms with E-state index in [1.165, 1.54) is 0 Å². The van der Waals surface area contributed by atoms with Crippen LogP contribution in [0.4, 0.5) is 0 Å². The molecule has 0 radical (unpaired) electrons. The van der Waals surface area contributed by atoms with Crippen LogP contribution in [0, 0.1) is 0 Å². The summed E-state index contributed by atoms with van der Waals surface area (Å²) in [7, 11) is 0. The average Bonchev–Trinajstić information content (AvgIpc) is 2.92. The largest absolute Gasteiger partial charge is 0.356 e. The molecule has 3 rings (SSSR count). The van der Waals surface area contributed by atoms with E-state index < -0.39 is 0 Å². The van der Waals surface area contributed by atoms with Gasteiger partial charge in [0.15, 0.2) is 0 Å². The molecule has 0 aliphatic heterocycles. The molecule has 2 heterocycles. The minimum absolute atomic E-state index is 0.0321. The van der Waals surface area contributed by atoms with Crippen molar-refractivity contribution in [3.8, 4) is 11.3 Å². The number of benzene rings is 1. The van der Waals surface area contributed by atoms with Gasteiger partial charge in [0, 0.05) is 18.3 Å². The summed E-state index contributed by atoms with van der Waals surface area (Å²) in [6.07, 6.45) is 3.22. The van der Waals surface area contributed by atoms with Crippen molar-refractivity contribution in [1.29, 1.82) is 0 Å². The standard InChI is InChI=1S/C18H19N3O/c1-2-11-19-17(22)13-15-18(14-8-4-3-5-9-14)20-16-10-6-7-12-21(15)16/h3-10,12H,2,11,13H2,1H3,(H,19,22). The molecule has 4 heteroatoms. The van der Waals surface area contributed by atoms with Gasteiger partial charge in [-0.15, -0.1) is 0 Å². The number of hydrogen-bond acceptors (Lipinski definition) is 2. The molecule has 22 heavy (non-hydrogen) atoms. The molecule has 0 saturated carbocycles. The van der Waals surface area contributed by atoms with Crippen molar-refractivity contribution in [3.05, 3.63) is 60.4 Å². The van der Waals surface area contributed by atoms with Crippen molar-refractivity contribution in [2.75, 3.05) is 6.54 Å². The number of imidazole rings is 1. The van der Waals surface area contributed by atoms with Crippen LogP contribution in [0.2, 0.25) is 0 Å². The van der Waals surface area contributed by atoms with E-state index in [-0.39, 0.29) is 5.91 Å². The van der Waals surface area contributed by atoms with Crippen LogP contribution in [0.5, 0.6) is 0 Å². The Morgan fingerprint density at radius 1 is 1.14 bits per heavy atom. The van der Waals surface area contributed by atoms with Gasteiger partial charge >= 0.3 is 0 Å². The van der Waals surface area contributed by atoms with Crippen LogP contribution in [0.15, 0.2) is 54.7 Å². The highest BCUT2D eigenvalue weighted by Gasteiger charge is 2.16. The highest BCUT2D eigenvalue weighted by atomic mass is 16.1. The van der Waals surface area contributed by atoms with E-state index in [0.717, 1.165) is 29.0 Å². The normalized spacial score (nSPS) is 10.8. The second-order valence-electron chi connectivity index (χ2n) is 5.23. The molecule has 1 amide bonds. The van der Waals surface area contributed by atoms with E-state index in [4.69, 9.17) is 4.98 Å². The lowest BCUT2D eigenvalue weighted by Crippen LogP contribution is -2.26. The second-order valence-corrected chi connectivity index (χ2v) is 5.23. The molecule has 0 spiro atoms. The van der Waals surface area contributed by atoms with E-state index in [1.807, 2.05) is 66.1 Å². The number of amides is 1. The third-order valence-corrected chi connectivity index (χ3v) is 3.58. The molecule has 0 atom stereocenters. The lowest BCUT2D eigenvalue weighted by molar-refractivity contribution is -0.120. The van der Waals surface area contributed by atoms with E-state index in [1.54, 1.807) is 0 Å². The van der Waals surface area contributed by atoms with Crippen LogP contribution >= 0.6 is 0 Å². The van der Waals surface area contributed by atoms with E-state index in [2.05, 4.69) is 5.32 Å². The molecule has 1 aromatic carbocycles. The lowest BCUT2D eigenvalue weighted by atomic mass is 10.1. The van der Waals surface area contributed by atoms with Crippen LogP contribution in [0.3, 0.4) is 0 Å². The Labute approximate surface area is 129 Å². The van der Waals surface area contributed by atoms with Gasteiger partial charge in [0.1, 0.15) is 5.65 Å². The van der Waals surface area contributed by atoms with Crippen LogP contribution in [-0.2, 0) is 11.2 Å². The molecule has 112 valence electrons. The van der Waals surface area contributed by atoms with Gasteiger partial charge in [-0.1, -0.05) is 43.3 Å². The number of nitrogens with zero attached hydrogens (tertiary/aromatic N) is 2. The van der Waals surface area contributed by atoms with Crippen LogP contribution in [-0.4, -0.2) is 21.8 Å². The second kappa shape index (κ2) is 6.43. The molecule has 0 saturated heterocycles. The summed E-state index contributed by atoms with van der Waals surface area (Å²) >= 11 is 0. The molecule has 3 aromatic rings. The van der Waals surface area contributed by atoms with Crippen LogP contribution < -0.4 is 5.32 Å². The van der Waals surface area contributed by atoms with E-state index in [0.29, 0.717) is 13.0 Å². The Morgan fingerprint density at radius 2 is 1.91 bits per heavy atom. The minimum Gasteiger partial charge on any atom is -0.356 e. The summed E-state index contributed by atoms with van der Waals surface area (Å²) in [5, 5.41) is 2.93. The van der Waals surface area contributed by atoms with Crippen molar-refractivity contribution < 1.29 is 4.79 Å². The van der Waals surface area contributed by atoms with Crippen LogP contribution in [0.25, 0.3) is 16.9 Å². The van der Waals surface area contributed by atoms with Crippen molar-refractivity contribution >= 4 is 11.6 Å². The average molecular weight is 293 g/mol. The number of fused-ring (bicyclic) bond motifs is 1. The number of carbonyl (C=O) groups excluding carboxylic acids is 1. The van der Waals surface area contributed by atoms with Gasteiger partial charge < -0.3 is 9.72 Å². The first-order valence-electron chi connectivity index (χ1n) is 7.57. The van der Waals surface area contributed by atoms with Gasteiger partial charge in [-0.05, 0) is 18.6 Å². The number of carbonyl (C=O) groups is 1. The van der Waals surface area contributed by atoms with Gasteiger partial charge in [-0.25, -0.2) is 4.98 Å². The maximum Gasteiger partial charge on any atom is 0.226 e. The fraction of sp³-hybridized carbons (Fsp3) is 0.222. The van der Waals surface area contributed by atoms with Crippen molar-refractivity contribution in [2.45, 2.75) is 19.8 Å². The van der Waals surface area contributed by atoms with Crippen LogP contribution in [0.1, 0.15) is 19.0 Å². The predicted molar refractivity (Wildman–Crippen MR) is 87.6 cm³/mol. The Kier molecular flexibility index (Phi) is 4.19. The SMILES string of the molecule is CCCNC(=O)Cc1c(-c2ccccc2)nc2ccccn12. The first-order valence-corrected chi connectivity index (χ1v) is 7.57. The maximum absolute atomic E-state index is 12.1. The number of aromatic nitrogens is 2. The summed E-state index contributed by atoms with van der Waals surface area (Å²) < 4.78 is 1.99. The lowest BCUT2D eigenvalue weighted by Gasteiger charge is -2.06. The van der Waals surface area contributed by atoms with Gasteiger partial charge in [0.05, 0.1) is 17.8 Å². The topological polar surface area (TPSA) is 46.4 Å². The molecule has 1 N–H and O–H groups in total. The maximum atomic E-state index is 12.1. The smallest absolute Gasteiger partial charge is 0.226 e. The summed E-state index contributed by atoms with van der Waals surface area (Å²) in [6, 6.07) is 15.9. The number of pyridine rings is 1. The fourth-order valence-electron chi connectivity index (χ4n) is 2.52. The van der Waals surface area contributed by atoms with Gasteiger partial charge in [-0.2, -0.15) is 0 Å². The summed E-state index contributed by atoms with van der Waals surface area (Å²) in [4.78, 5) is 16.8. The third-order valence-electron chi connectivity index (χ3n) is 3.58. The Hall–Kier alpha value is -2.62. The number of nitrogens with one attached hydrogen (secondary N) is 1. The van der Waals surface area contributed by atoms with Gasteiger partial charge in [0.2, 0.25) is 5.91 Å². The molecule has 4 nitrogen and oxygen atoms in total. The van der Waals surface area contributed by atoms with Crippen molar-refractivity contribution in [2.24, 2.45) is 0 Å². The fourth-order valence-corrected chi connectivity index (χ4v) is 2.52. The number of hydrogen-bond donors (Lipinski definition) is 1. The molecule has 0 aliphatic carbocycles. The zero-order valence-corrected chi connectivity index (χ0v) is 12.6. The monoisotopic (exact) mass is 293 g/mol. The Bertz CT molecular complexity index is 777. The predicted octanol–water partition coefficient (Wildman–Crippen LogP) is 3.07. The quantitative estimate of drug-likeness (QED) is 0.786. The molecule has 2 aromatic heterocycles. The molecule has 0 bridgehead atoms. The van der Waals surface area contributed by atoms with Crippen molar-refractivity contribution in [3.63, 3.8) is 0 Å². The zero-order valence-electron chi connectivity index (χ0n) is 12.6. The molecule has 0 aliphatic rings. The Balaban J connectivity index is 2.04. The number of rotatable bonds is 5. The van der Waals surface area contributed by atoms with Gasteiger partial charge in [0.25, 0.3) is 0 Å². The summed E-state index contributed by atoms with van der Waals surface area (Å²) in [5.41, 5.74) is 3.69. The minimum atomic E-state index is 0.0321. The molecule has 0 fully saturated rings. The Morgan fingerprint density at radius 3 is 2.68 bits per heavy atom. The first-order chi connectivity index (χ1) is 10.8. The summed E-state index contributed by atoms with van der Waals surface area (Å²) in [6.45, 7) is 2.75. The first kappa shape index (κ1) is 14.3. The molecular weight excluding hydrogens is 274 g/mol. The van der Waals surface area contributed by atoms with Gasteiger partial charge in [-0.3, -0.25) is 4.79 Å². The van der Waals surface area contributed by atoms with E-state index in [9.17, 15) is 4.79 Å². The van der Waals surface area contributed by atoms with E-state index >= 15 is 0 Å². The summed E-state index contributed by atoms with van der Waals surface area (Å²) in [5.74, 6) is 0.0321. The molecule has 0 unspecified atom stereocenters. The highest BCUT2D eigenvalue weighted by Crippen LogP contribution is 2.24.